The van der Waals surface area contributed by atoms with E-state index in [9.17, 15) is 4.39 Å². The minimum absolute atomic E-state index is 0.222. The van der Waals surface area contributed by atoms with Gasteiger partial charge in [-0.15, -0.1) is 0 Å². The van der Waals surface area contributed by atoms with Crippen molar-refractivity contribution in [1.82, 2.24) is 4.90 Å². The molecule has 0 aromatic heterocycles. The molecule has 1 saturated heterocycles. The van der Waals surface area contributed by atoms with E-state index in [4.69, 9.17) is 22.7 Å². The SMILES string of the molecule is CN(Cc1ccc(C(N)=S)cc1F)CC1CCCCO1. The second-order valence-corrected chi connectivity index (χ2v) is 5.80. The summed E-state index contributed by atoms with van der Waals surface area (Å²) >= 11 is 4.85. The molecule has 5 heteroatoms. The second-order valence-electron chi connectivity index (χ2n) is 5.36. The molecule has 20 heavy (non-hydrogen) atoms. The van der Waals surface area contributed by atoms with Crippen molar-refractivity contribution in [3.05, 3.63) is 35.1 Å². The number of nitrogens with zero attached hydrogens (tertiary/aromatic N) is 1. The molecule has 2 N–H and O–H groups in total. The van der Waals surface area contributed by atoms with Crippen LogP contribution < -0.4 is 5.73 Å². The van der Waals surface area contributed by atoms with Crippen molar-refractivity contribution in [2.45, 2.75) is 31.9 Å². The minimum atomic E-state index is -0.258. The van der Waals surface area contributed by atoms with Gasteiger partial charge in [0.05, 0.1) is 6.10 Å². The van der Waals surface area contributed by atoms with Crippen LogP contribution in [0.15, 0.2) is 18.2 Å². The molecule has 3 nitrogen and oxygen atoms in total. The summed E-state index contributed by atoms with van der Waals surface area (Å²) in [5.74, 6) is -0.258. The third-order valence-corrected chi connectivity index (χ3v) is 3.80. The molecular weight excluding hydrogens is 275 g/mol. The normalized spacial score (nSPS) is 19.2. The van der Waals surface area contributed by atoms with Crippen LogP contribution in [0.3, 0.4) is 0 Å². The molecule has 1 unspecified atom stereocenters. The first-order valence-electron chi connectivity index (χ1n) is 6.94. The minimum Gasteiger partial charge on any atom is -0.389 e. The van der Waals surface area contributed by atoms with Crippen LogP contribution in [-0.2, 0) is 11.3 Å². The lowest BCUT2D eigenvalue weighted by Crippen LogP contribution is -2.33. The Morgan fingerprint density at radius 3 is 2.90 bits per heavy atom. The van der Waals surface area contributed by atoms with E-state index in [2.05, 4.69) is 4.90 Å². The molecule has 0 saturated carbocycles. The maximum absolute atomic E-state index is 14.0. The molecule has 1 aliphatic rings. The predicted molar refractivity (Wildman–Crippen MR) is 82.2 cm³/mol. The smallest absolute Gasteiger partial charge is 0.128 e. The van der Waals surface area contributed by atoms with Gasteiger partial charge in [-0.1, -0.05) is 24.4 Å². The molecule has 2 rings (SSSR count). The van der Waals surface area contributed by atoms with Crippen LogP contribution in [0.5, 0.6) is 0 Å². The monoisotopic (exact) mass is 296 g/mol. The van der Waals surface area contributed by atoms with Gasteiger partial charge >= 0.3 is 0 Å². The van der Waals surface area contributed by atoms with Crippen LogP contribution in [-0.4, -0.2) is 36.2 Å². The van der Waals surface area contributed by atoms with Gasteiger partial charge < -0.3 is 10.5 Å². The molecule has 1 atom stereocenters. The maximum atomic E-state index is 14.0. The molecule has 110 valence electrons. The Bertz CT molecular complexity index is 475. The average Bonchev–Trinajstić information content (AvgIpc) is 2.42. The summed E-state index contributed by atoms with van der Waals surface area (Å²) in [7, 11) is 1.99. The Balaban J connectivity index is 1.93. The molecule has 0 aliphatic carbocycles. The summed E-state index contributed by atoms with van der Waals surface area (Å²) in [6.45, 7) is 2.23. The molecule has 0 amide bonds. The highest BCUT2D eigenvalue weighted by molar-refractivity contribution is 7.80. The fraction of sp³-hybridized carbons (Fsp3) is 0.533. The summed E-state index contributed by atoms with van der Waals surface area (Å²) in [5, 5.41) is 0. The van der Waals surface area contributed by atoms with Crippen molar-refractivity contribution < 1.29 is 9.13 Å². The van der Waals surface area contributed by atoms with Gasteiger partial charge in [0.25, 0.3) is 0 Å². The summed E-state index contributed by atoms with van der Waals surface area (Å²) < 4.78 is 19.7. The first-order chi connectivity index (χ1) is 9.56. The molecule has 1 aromatic rings. The molecule has 1 aromatic carbocycles. The first-order valence-corrected chi connectivity index (χ1v) is 7.35. The zero-order valence-electron chi connectivity index (χ0n) is 11.8. The predicted octanol–water partition coefficient (Wildman–Crippen LogP) is 2.46. The lowest BCUT2D eigenvalue weighted by Gasteiger charge is -2.27. The fourth-order valence-electron chi connectivity index (χ4n) is 2.48. The van der Waals surface area contributed by atoms with E-state index in [-0.39, 0.29) is 16.9 Å². The number of thiocarbonyl (C=S) groups is 1. The Morgan fingerprint density at radius 1 is 1.50 bits per heavy atom. The summed E-state index contributed by atoms with van der Waals surface area (Å²) in [6.07, 6.45) is 3.73. The van der Waals surface area contributed by atoms with Gasteiger partial charge in [-0.3, -0.25) is 4.90 Å². The van der Waals surface area contributed by atoms with E-state index < -0.39 is 0 Å². The molecule has 1 aliphatic heterocycles. The van der Waals surface area contributed by atoms with E-state index >= 15 is 0 Å². The van der Waals surface area contributed by atoms with Crippen molar-refractivity contribution >= 4 is 17.2 Å². The molecule has 0 radical (unpaired) electrons. The van der Waals surface area contributed by atoms with E-state index in [1.54, 1.807) is 12.1 Å². The van der Waals surface area contributed by atoms with Crippen LogP contribution in [0, 0.1) is 5.82 Å². The van der Waals surface area contributed by atoms with E-state index in [1.165, 1.54) is 12.5 Å². The van der Waals surface area contributed by atoms with Crippen LogP contribution in [0.4, 0.5) is 4.39 Å². The van der Waals surface area contributed by atoms with Crippen LogP contribution in [0.2, 0.25) is 0 Å². The molecule has 1 fully saturated rings. The van der Waals surface area contributed by atoms with Crippen molar-refractivity contribution in [1.29, 1.82) is 0 Å². The van der Waals surface area contributed by atoms with Crippen molar-refractivity contribution in [3.63, 3.8) is 0 Å². The summed E-state index contributed by atoms with van der Waals surface area (Å²) in [4.78, 5) is 2.31. The van der Waals surface area contributed by atoms with Crippen molar-refractivity contribution in [3.8, 4) is 0 Å². The summed E-state index contributed by atoms with van der Waals surface area (Å²) in [5.41, 5.74) is 6.72. The molecular formula is C15H21FN2OS. The van der Waals surface area contributed by atoms with Crippen LogP contribution in [0.25, 0.3) is 0 Å². The number of ether oxygens (including phenoxy) is 1. The highest BCUT2D eigenvalue weighted by Crippen LogP contribution is 2.16. The average molecular weight is 296 g/mol. The van der Waals surface area contributed by atoms with Gasteiger partial charge in [-0.2, -0.15) is 0 Å². The van der Waals surface area contributed by atoms with E-state index in [1.807, 2.05) is 7.05 Å². The van der Waals surface area contributed by atoms with Crippen LogP contribution >= 0.6 is 12.2 Å². The molecule has 0 bridgehead atoms. The standard InChI is InChI=1S/C15H21FN2OS/c1-18(10-13-4-2-3-7-19-13)9-12-6-5-11(15(17)20)8-14(12)16/h5-6,8,13H,2-4,7,9-10H2,1H3,(H2,17,20). The van der Waals surface area contributed by atoms with E-state index in [0.717, 1.165) is 26.0 Å². The molecule has 1 heterocycles. The number of halogens is 1. The topological polar surface area (TPSA) is 38.5 Å². The quantitative estimate of drug-likeness (QED) is 0.847. The Labute approximate surface area is 124 Å². The van der Waals surface area contributed by atoms with Gasteiger partial charge in [0.15, 0.2) is 0 Å². The Kier molecular flexibility index (Phi) is 5.46. The van der Waals surface area contributed by atoms with E-state index in [0.29, 0.717) is 17.7 Å². The van der Waals surface area contributed by atoms with Crippen molar-refractivity contribution in [2.24, 2.45) is 5.73 Å². The largest absolute Gasteiger partial charge is 0.389 e. The maximum Gasteiger partial charge on any atom is 0.128 e. The lowest BCUT2D eigenvalue weighted by atomic mass is 10.1. The lowest BCUT2D eigenvalue weighted by molar-refractivity contribution is -0.00272. The van der Waals surface area contributed by atoms with Gasteiger partial charge in [-0.25, -0.2) is 4.39 Å². The Hall–Kier alpha value is -1.04. The zero-order chi connectivity index (χ0) is 14.5. The van der Waals surface area contributed by atoms with Gasteiger partial charge in [-0.05, 0) is 32.4 Å². The van der Waals surface area contributed by atoms with Crippen LogP contribution in [0.1, 0.15) is 30.4 Å². The fourth-order valence-corrected chi connectivity index (χ4v) is 2.61. The van der Waals surface area contributed by atoms with Gasteiger partial charge in [0, 0.05) is 30.8 Å². The number of rotatable bonds is 5. The summed E-state index contributed by atoms with van der Waals surface area (Å²) in [6, 6.07) is 4.93. The van der Waals surface area contributed by atoms with Gasteiger partial charge in [0.1, 0.15) is 10.8 Å². The zero-order valence-corrected chi connectivity index (χ0v) is 12.6. The highest BCUT2D eigenvalue weighted by atomic mass is 32.1. The number of benzene rings is 1. The second kappa shape index (κ2) is 7.11. The molecule has 0 spiro atoms. The van der Waals surface area contributed by atoms with Crippen molar-refractivity contribution in [2.75, 3.05) is 20.2 Å². The third-order valence-electron chi connectivity index (χ3n) is 3.57. The number of hydrogen-bond acceptors (Lipinski definition) is 3. The Morgan fingerprint density at radius 2 is 2.30 bits per heavy atom. The number of hydrogen-bond donors (Lipinski definition) is 1. The number of nitrogens with two attached hydrogens (primary N) is 1. The first kappa shape index (κ1) is 15.4. The highest BCUT2D eigenvalue weighted by Gasteiger charge is 2.16. The van der Waals surface area contributed by atoms with Gasteiger partial charge in [0.2, 0.25) is 0 Å². The number of likely N-dealkylation sites (N-methyl/N-ethyl adjacent to an activating group) is 1. The third kappa shape index (κ3) is 4.23.